The summed E-state index contributed by atoms with van der Waals surface area (Å²) in [7, 11) is 0. The molecule has 0 amide bonds. The Labute approximate surface area is 126 Å². The Morgan fingerprint density at radius 3 is 2.90 bits per heavy atom. The Morgan fingerprint density at radius 2 is 2.15 bits per heavy atom. The molecule has 1 N–H and O–H groups in total. The summed E-state index contributed by atoms with van der Waals surface area (Å²) < 4.78 is 5.97. The molecule has 1 aromatic carbocycles. The molecule has 0 spiro atoms. The van der Waals surface area contributed by atoms with E-state index in [1.807, 2.05) is 6.07 Å². The lowest BCUT2D eigenvalue weighted by molar-refractivity contribution is 0.199. The van der Waals surface area contributed by atoms with Crippen LogP contribution in [-0.4, -0.2) is 30.6 Å². The highest BCUT2D eigenvalue weighted by molar-refractivity contribution is 5.85. The van der Waals surface area contributed by atoms with Gasteiger partial charge in [-0.25, -0.2) is 0 Å². The number of para-hydroxylation sites is 1. The first-order valence-electron chi connectivity index (χ1n) is 7.23. The number of nitrogens with zero attached hydrogens (tertiary/aromatic N) is 1. The topological polar surface area (TPSA) is 28.4 Å². The maximum atomic E-state index is 5.97. The number of furan rings is 1. The van der Waals surface area contributed by atoms with Gasteiger partial charge in [0.1, 0.15) is 11.3 Å². The second-order valence-electron chi connectivity index (χ2n) is 5.44. The Kier molecular flexibility index (Phi) is 5.08. The second kappa shape index (κ2) is 6.61. The monoisotopic (exact) mass is 294 g/mol. The predicted molar refractivity (Wildman–Crippen MR) is 85.6 cm³/mol. The lowest BCUT2D eigenvalue weighted by Crippen LogP contribution is -2.48. The van der Waals surface area contributed by atoms with Crippen LogP contribution in [0.15, 0.2) is 28.7 Å². The third kappa shape index (κ3) is 3.00. The largest absolute Gasteiger partial charge is 0.461 e. The van der Waals surface area contributed by atoms with E-state index in [0.717, 1.165) is 43.9 Å². The van der Waals surface area contributed by atoms with Crippen LogP contribution in [0.4, 0.5) is 0 Å². The summed E-state index contributed by atoms with van der Waals surface area (Å²) in [5.41, 5.74) is 2.41. The predicted octanol–water partition coefficient (Wildman–Crippen LogP) is 3.21. The normalized spacial score (nSPS) is 20.0. The van der Waals surface area contributed by atoms with Crippen molar-refractivity contribution in [2.45, 2.75) is 32.9 Å². The van der Waals surface area contributed by atoms with E-state index in [2.05, 4.69) is 42.3 Å². The van der Waals surface area contributed by atoms with Crippen LogP contribution < -0.4 is 5.32 Å². The van der Waals surface area contributed by atoms with Gasteiger partial charge >= 0.3 is 0 Å². The fraction of sp³-hybridized carbons (Fsp3) is 0.500. The van der Waals surface area contributed by atoms with E-state index < -0.39 is 0 Å². The van der Waals surface area contributed by atoms with Crippen molar-refractivity contribution in [2.75, 3.05) is 19.6 Å². The summed E-state index contributed by atoms with van der Waals surface area (Å²) in [5, 5.41) is 4.78. The first kappa shape index (κ1) is 15.4. The van der Waals surface area contributed by atoms with Crippen LogP contribution in [0.25, 0.3) is 11.0 Å². The van der Waals surface area contributed by atoms with Crippen molar-refractivity contribution in [2.24, 2.45) is 0 Å². The van der Waals surface area contributed by atoms with E-state index in [-0.39, 0.29) is 12.4 Å². The highest BCUT2D eigenvalue weighted by atomic mass is 35.5. The number of hydrogen-bond acceptors (Lipinski definition) is 3. The summed E-state index contributed by atoms with van der Waals surface area (Å²) in [5.74, 6) is 1.15. The molecule has 1 saturated heterocycles. The number of aryl methyl sites for hydroxylation is 1. The minimum atomic E-state index is 0. The minimum Gasteiger partial charge on any atom is -0.461 e. The van der Waals surface area contributed by atoms with Gasteiger partial charge in [0.15, 0.2) is 0 Å². The van der Waals surface area contributed by atoms with E-state index in [4.69, 9.17) is 4.42 Å². The standard InChI is InChI=1S/C16H22N2O.ClH/c1-3-15-14(11-18-9-8-17-12(2)10-18)13-6-4-5-7-16(13)19-15;/h4-7,12,17H,3,8-11H2,1-2H3;1H. The molecular weight excluding hydrogens is 272 g/mol. The number of hydrogen-bond donors (Lipinski definition) is 1. The molecule has 0 saturated carbocycles. The van der Waals surface area contributed by atoms with E-state index in [1.54, 1.807) is 0 Å². The van der Waals surface area contributed by atoms with Gasteiger partial charge in [-0.05, 0) is 13.0 Å². The van der Waals surface area contributed by atoms with Gasteiger partial charge in [-0.1, -0.05) is 25.1 Å². The maximum absolute atomic E-state index is 5.97. The molecule has 0 aliphatic carbocycles. The van der Waals surface area contributed by atoms with Crippen LogP contribution in [0.3, 0.4) is 0 Å². The molecule has 4 heteroatoms. The zero-order valence-corrected chi connectivity index (χ0v) is 13.0. The fourth-order valence-electron chi connectivity index (χ4n) is 2.99. The van der Waals surface area contributed by atoms with Crippen LogP contribution in [0.5, 0.6) is 0 Å². The molecule has 1 atom stereocenters. The minimum absolute atomic E-state index is 0. The molecule has 2 aromatic rings. The van der Waals surface area contributed by atoms with Crippen LogP contribution >= 0.6 is 12.4 Å². The van der Waals surface area contributed by atoms with Crippen LogP contribution in [0.2, 0.25) is 0 Å². The van der Waals surface area contributed by atoms with Crippen molar-refractivity contribution < 1.29 is 4.42 Å². The van der Waals surface area contributed by atoms with Gasteiger partial charge in [-0.15, -0.1) is 12.4 Å². The van der Waals surface area contributed by atoms with Gasteiger partial charge in [-0.2, -0.15) is 0 Å². The molecule has 1 unspecified atom stereocenters. The fourth-order valence-corrected chi connectivity index (χ4v) is 2.99. The first-order valence-corrected chi connectivity index (χ1v) is 7.23. The number of halogens is 1. The van der Waals surface area contributed by atoms with Gasteiger partial charge in [0.05, 0.1) is 0 Å². The molecule has 20 heavy (non-hydrogen) atoms. The Morgan fingerprint density at radius 1 is 1.35 bits per heavy atom. The smallest absolute Gasteiger partial charge is 0.134 e. The molecule has 1 fully saturated rings. The van der Waals surface area contributed by atoms with E-state index in [0.29, 0.717) is 6.04 Å². The van der Waals surface area contributed by atoms with Crippen molar-refractivity contribution >= 4 is 23.4 Å². The van der Waals surface area contributed by atoms with Crippen molar-refractivity contribution in [3.63, 3.8) is 0 Å². The third-order valence-corrected chi connectivity index (χ3v) is 3.94. The molecule has 0 radical (unpaired) electrons. The van der Waals surface area contributed by atoms with E-state index in [1.165, 1.54) is 10.9 Å². The Balaban J connectivity index is 0.00000147. The van der Waals surface area contributed by atoms with Crippen molar-refractivity contribution in [1.29, 1.82) is 0 Å². The summed E-state index contributed by atoms with van der Waals surface area (Å²) in [6.45, 7) is 8.74. The van der Waals surface area contributed by atoms with E-state index in [9.17, 15) is 0 Å². The van der Waals surface area contributed by atoms with Crippen molar-refractivity contribution in [3.05, 3.63) is 35.6 Å². The number of rotatable bonds is 3. The summed E-state index contributed by atoms with van der Waals surface area (Å²) in [6, 6.07) is 8.97. The third-order valence-electron chi connectivity index (χ3n) is 3.94. The first-order chi connectivity index (χ1) is 9.28. The zero-order valence-electron chi connectivity index (χ0n) is 12.2. The summed E-state index contributed by atoms with van der Waals surface area (Å²) >= 11 is 0. The second-order valence-corrected chi connectivity index (χ2v) is 5.44. The molecule has 1 aliphatic heterocycles. The Bertz CT molecular complexity index is 567. The van der Waals surface area contributed by atoms with Gasteiger partial charge < -0.3 is 9.73 Å². The maximum Gasteiger partial charge on any atom is 0.134 e. The lowest BCUT2D eigenvalue weighted by Gasteiger charge is -2.31. The molecule has 3 rings (SSSR count). The van der Waals surface area contributed by atoms with Gasteiger partial charge in [0, 0.05) is 49.6 Å². The highest BCUT2D eigenvalue weighted by Gasteiger charge is 2.19. The average molecular weight is 295 g/mol. The molecule has 1 aromatic heterocycles. The molecule has 110 valence electrons. The molecule has 1 aliphatic rings. The van der Waals surface area contributed by atoms with Crippen LogP contribution in [-0.2, 0) is 13.0 Å². The van der Waals surface area contributed by atoms with Crippen molar-refractivity contribution in [3.8, 4) is 0 Å². The SMILES string of the molecule is CCc1oc2ccccc2c1CN1CCNC(C)C1.Cl. The lowest BCUT2D eigenvalue weighted by atomic mass is 10.1. The Hall–Kier alpha value is -1.03. The van der Waals surface area contributed by atoms with Crippen LogP contribution in [0, 0.1) is 0 Å². The van der Waals surface area contributed by atoms with Gasteiger partial charge in [0.2, 0.25) is 0 Å². The summed E-state index contributed by atoms with van der Waals surface area (Å²) in [4.78, 5) is 2.53. The number of fused-ring (bicyclic) bond motifs is 1. The quantitative estimate of drug-likeness (QED) is 0.942. The van der Waals surface area contributed by atoms with Gasteiger partial charge in [-0.3, -0.25) is 4.90 Å². The number of nitrogens with one attached hydrogen (secondary N) is 1. The number of piperazine rings is 1. The highest BCUT2D eigenvalue weighted by Crippen LogP contribution is 2.27. The molecule has 2 heterocycles. The number of benzene rings is 1. The summed E-state index contributed by atoms with van der Waals surface area (Å²) in [6.07, 6.45) is 0.964. The van der Waals surface area contributed by atoms with Gasteiger partial charge in [0.25, 0.3) is 0 Å². The molecular formula is C16H23ClN2O. The van der Waals surface area contributed by atoms with Crippen LogP contribution in [0.1, 0.15) is 25.2 Å². The van der Waals surface area contributed by atoms with E-state index >= 15 is 0 Å². The van der Waals surface area contributed by atoms with Crippen molar-refractivity contribution in [1.82, 2.24) is 10.2 Å². The molecule has 0 bridgehead atoms. The zero-order chi connectivity index (χ0) is 13.2. The molecule has 3 nitrogen and oxygen atoms in total. The average Bonchev–Trinajstić information content (AvgIpc) is 2.77.